The summed E-state index contributed by atoms with van der Waals surface area (Å²) in [5.74, 6) is 0.348. The standard InChI is InChI=1S/C12H16N4O2/c1-16-12(9(7-13)8-14-16)15-11(17)5-4-10-3-2-6-18-10/h8,10H,2-6H2,1H3,(H,15,17). The minimum absolute atomic E-state index is 0.106. The fraction of sp³-hybridized carbons (Fsp3) is 0.583. The van der Waals surface area contributed by atoms with Gasteiger partial charge in [0, 0.05) is 20.1 Å². The van der Waals surface area contributed by atoms with E-state index < -0.39 is 0 Å². The quantitative estimate of drug-likeness (QED) is 0.867. The Bertz CT molecular complexity index is 469. The maximum atomic E-state index is 11.8. The molecule has 2 heterocycles. The summed E-state index contributed by atoms with van der Waals surface area (Å²) in [4.78, 5) is 11.8. The van der Waals surface area contributed by atoms with Crippen molar-refractivity contribution in [3.05, 3.63) is 11.8 Å². The van der Waals surface area contributed by atoms with Gasteiger partial charge in [0.15, 0.2) is 0 Å². The van der Waals surface area contributed by atoms with Crippen LogP contribution in [0.3, 0.4) is 0 Å². The summed E-state index contributed by atoms with van der Waals surface area (Å²) in [6, 6.07) is 2.00. The topological polar surface area (TPSA) is 79.9 Å². The number of hydrogen-bond donors (Lipinski definition) is 1. The monoisotopic (exact) mass is 248 g/mol. The summed E-state index contributed by atoms with van der Waals surface area (Å²) in [5.41, 5.74) is 0.378. The van der Waals surface area contributed by atoms with Gasteiger partial charge in [-0.2, -0.15) is 10.4 Å². The molecule has 2 rings (SSSR count). The SMILES string of the molecule is Cn1ncc(C#N)c1NC(=O)CCC1CCCO1. The van der Waals surface area contributed by atoms with Crippen LogP contribution in [0.1, 0.15) is 31.2 Å². The highest BCUT2D eigenvalue weighted by molar-refractivity contribution is 5.91. The predicted molar refractivity (Wildman–Crippen MR) is 64.8 cm³/mol. The van der Waals surface area contributed by atoms with E-state index in [0.29, 0.717) is 17.8 Å². The molecule has 0 spiro atoms. The molecule has 1 aliphatic rings. The number of nitrogens with one attached hydrogen (secondary N) is 1. The van der Waals surface area contributed by atoms with Crippen molar-refractivity contribution in [3.8, 4) is 6.07 Å². The van der Waals surface area contributed by atoms with Gasteiger partial charge in [-0.3, -0.25) is 9.48 Å². The zero-order valence-electron chi connectivity index (χ0n) is 10.3. The highest BCUT2D eigenvalue weighted by Crippen LogP contribution is 2.18. The molecule has 1 aromatic heterocycles. The molecule has 6 nitrogen and oxygen atoms in total. The van der Waals surface area contributed by atoms with E-state index in [2.05, 4.69) is 10.4 Å². The highest BCUT2D eigenvalue weighted by Gasteiger charge is 2.18. The van der Waals surface area contributed by atoms with Crippen LogP contribution in [0.25, 0.3) is 0 Å². The van der Waals surface area contributed by atoms with E-state index in [9.17, 15) is 4.79 Å². The maximum Gasteiger partial charge on any atom is 0.225 e. The van der Waals surface area contributed by atoms with Gasteiger partial charge >= 0.3 is 0 Å². The molecule has 18 heavy (non-hydrogen) atoms. The van der Waals surface area contributed by atoms with Crippen LogP contribution < -0.4 is 5.32 Å². The van der Waals surface area contributed by atoms with Crippen LogP contribution in [0, 0.1) is 11.3 Å². The van der Waals surface area contributed by atoms with Crippen LogP contribution in [0.4, 0.5) is 5.82 Å². The van der Waals surface area contributed by atoms with Gasteiger partial charge in [0.25, 0.3) is 0 Å². The fourth-order valence-corrected chi connectivity index (χ4v) is 2.03. The van der Waals surface area contributed by atoms with Crippen LogP contribution >= 0.6 is 0 Å². The highest BCUT2D eigenvalue weighted by atomic mass is 16.5. The fourth-order valence-electron chi connectivity index (χ4n) is 2.03. The van der Waals surface area contributed by atoms with Gasteiger partial charge in [-0.25, -0.2) is 0 Å². The number of aryl methyl sites for hydroxylation is 1. The minimum Gasteiger partial charge on any atom is -0.378 e. The molecule has 0 aliphatic carbocycles. The number of hydrogen-bond acceptors (Lipinski definition) is 4. The van der Waals surface area contributed by atoms with E-state index in [-0.39, 0.29) is 12.0 Å². The Morgan fingerprint density at radius 1 is 1.78 bits per heavy atom. The summed E-state index contributed by atoms with van der Waals surface area (Å²) < 4.78 is 6.95. The normalized spacial score (nSPS) is 18.6. The summed E-state index contributed by atoms with van der Waals surface area (Å²) >= 11 is 0. The van der Waals surface area contributed by atoms with Crippen molar-refractivity contribution < 1.29 is 9.53 Å². The van der Waals surface area contributed by atoms with Crippen LogP contribution in [0.2, 0.25) is 0 Å². The van der Waals surface area contributed by atoms with Crippen molar-refractivity contribution in [2.75, 3.05) is 11.9 Å². The number of carbonyl (C=O) groups excluding carboxylic acids is 1. The maximum absolute atomic E-state index is 11.8. The molecule has 1 saturated heterocycles. The molecule has 1 N–H and O–H groups in total. The molecule has 1 atom stereocenters. The summed E-state index contributed by atoms with van der Waals surface area (Å²) in [7, 11) is 1.69. The number of nitrogens with zero attached hydrogens (tertiary/aromatic N) is 3. The lowest BCUT2D eigenvalue weighted by Crippen LogP contribution is -2.17. The summed E-state index contributed by atoms with van der Waals surface area (Å²) in [6.07, 6.45) is 4.88. The molecule has 0 radical (unpaired) electrons. The summed E-state index contributed by atoms with van der Waals surface area (Å²) in [6.45, 7) is 0.798. The molecule has 1 amide bonds. The molecule has 0 aromatic carbocycles. The molecular formula is C12H16N4O2. The molecule has 6 heteroatoms. The van der Waals surface area contributed by atoms with Gasteiger partial charge < -0.3 is 10.1 Å². The zero-order valence-corrected chi connectivity index (χ0v) is 10.3. The molecule has 0 bridgehead atoms. The van der Waals surface area contributed by atoms with E-state index in [1.54, 1.807) is 7.05 Å². The number of rotatable bonds is 4. The smallest absolute Gasteiger partial charge is 0.225 e. The zero-order chi connectivity index (χ0) is 13.0. The Labute approximate surface area is 106 Å². The molecule has 1 fully saturated rings. The van der Waals surface area contributed by atoms with Gasteiger partial charge in [0.1, 0.15) is 17.5 Å². The number of carbonyl (C=O) groups is 1. The second-order valence-corrected chi connectivity index (χ2v) is 4.36. The lowest BCUT2D eigenvalue weighted by atomic mass is 10.1. The average molecular weight is 248 g/mol. The van der Waals surface area contributed by atoms with Gasteiger partial charge in [0.2, 0.25) is 5.91 Å². The first-order valence-electron chi connectivity index (χ1n) is 6.04. The number of nitriles is 1. The Kier molecular flexibility index (Phi) is 3.95. The Hall–Kier alpha value is -1.87. The molecule has 96 valence electrons. The van der Waals surface area contributed by atoms with Crippen LogP contribution in [0.15, 0.2) is 6.20 Å². The first-order valence-corrected chi connectivity index (χ1v) is 6.04. The third kappa shape index (κ3) is 2.87. The van der Waals surface area contributed by atoms with Crippen LogP contribution in [0.5, 0.6) is 0 Å². The van der Waals surface area contributed by atoms with Crippen LogP contribution in [-0.4, -0.2) is 28.4 Å². The second kappa shape index (κ2) is 5.65. The first-order chi connectivity index (χ1) is 8.70. The summed E-state index contributed by atoms with van der Waals surface area (Å²) in [5, 5.41) is 15.5. The third-order valence-electron chi connectivity index (χ3n) is 3.03. The van der Waals surface area contributed by atoms with E-state index in [1.807, 2.05) is 6.07 Å². The largest absolute Gasteiger partial charge is 0.378 e. The first kappa shape index (κ1) is 12.6. The average Bonchev–Trinajstić information content (AvgIpc) is 2.98. The van der Waals surface area contributed by atoms with Crippen LogP contribution in [-0.2, 0) is 16.6 Å². The van der Waals surface area contributed by atoms with Gasteiger partial charge in [-0.15, -0.1) is 0 Å². The number of aromatic nitrogens is 2. The van der Waals surface area contributed by atoms with E-state index >= 15 is 0 Å². The van der Waals surface area contributed by atoms with Crippen molar-refractivity contribution in [2.45, 2.75) is 31.8 Å². The minimum atomic E-state index is -0.106. The van der Waals surface area contributed by atoms with Crippen molar-refractivity contribution in [2.24, 2.45) is 7.05 Å². The third-order valence-corrected chi connectivity index (χ3v) is 3.03. The van der Waals surface area contributed by atoms with E-state index in [0.717, 1.165) is 25.9 Å². The molecule has 1 aromatic rings. The van der Waals surface area contributed by atoms with Gasteiger partial charge in [-0.05, 0) is 19.3 Å². The Morgan fingerprint density at radius 3 is 3.28 bits per heavy atom. The molecular weight excluding hydrogens is 232 g/mol. The molecule has 0 saturated carbocycles. The number of anilines is 1. The Balaban J connectivity index is 1.86. The molecule has 1 aliphatic heterocycles. The van der Waals surface area contributed by atoms with Gasteiger partial charge in [-0.1, -0.05) is 0 Å². The van der Waals surface area contributed by atoms with Crippen molar-refractivity contribution in [1.29, 1.82) is 5.26 Å². The predicted octanol–water partition coefficient (Wildman–Crippen LogP) is 1.19. The lowest BCUT2D eigenvalue weighted by molar-refractivity contribution is -0.116. The lowest BCUT2D eigenvalue weighted by Gasteiger charge is -2.09. The van der Waals surface area contributed by atoms with Crippen molar-refractivity contribution in [1.82, 2.24) is 9.78 Å². The Morgan fingerprint density at radius 2 is 2.61 bits per heavy atom. The van der Waals surface area contributed by atoms with E-state index in [4.69, 9.17) is 10.00 Å². The second-order valence-electron chi connectivity index (χ2n) is 4.36. The van der Waals surface area contributed by atoms with Crippen molar-refractivity contribution >= 4 is 11.7 Å². The molecule has 1 unspecified atom stereocenters. The van der Waals surface area contributed by atoms with Gasteiger partial charge in [0.05, 0.1) is 12.3 Å². The number of amides is 1. The van der Waals surface area contributed by atoms with Crippen molar-refractivity contribution in [3.63, 3.8) is 0 Å². The van der Waals surface area contributed by atoms with E-state index in [1.165, 1.54) is 10.9 Å². The number of ether oxygens (including phenoxy) is 1.